The highest BCUT2D eigenvalue weighted by molar-refractivity contribution is 5.92. The van der Waals surface area contributed by atoms with Crippen LogP contribution in [0.4, 0.5) is 10.7 Å². The number of carboxylic acid groups (broad SMARTS) is 2. The van der Waals surface area contributed by atoms with Crippen molar-refractivity contribution in [1.82, 2.24) is 25.5 Å². The second kappa shape index (κ2) is 5.56. The first-order valence-electron chi connectivity index (χ1n) is 4.64. The molecule has 0 saturated heterocycles. The number of hydrogen-bond acceptors (Lipinski definition) is 6. The highest BCUT2D eigenvalue weighted by Crippen LogP contribution is 1.96. The summed E-state index contributed by atoms with van der Waals surface area (Å²) >= 11 is 0. The molecule has 1 heterocycles. The summed E-state index contributed by atoms with van der Waals surface area (Å²) in [6.07, 6.45) is -0.739. The topological polar surface area (TPSA) is 159 Å². The third kappa shape index (κ3) is 4.03. The Morgan fingerprint density at radius 2 is 2.06 bits per heavy atom. The van der Waals surface area contributed by atoms with Gasteiger partial charge in [-0.15, -0.1) is 5.10 Å². The molecule has 1 aromatic rings. The predicted molar refractivity (Wildman–Crippen MR) is 54.6 cm³/mol. The van der Waals surface area contributed by atoms with Crippen molar-refractivity contribution >= 4 is 23.9 Å². The van der Waals surface area contributed by atoms with Crippen LogP contribution >= 0.6 is 0 Å². The Balaban J connectivity index is 2.56. The van der Waals surface area contributed by atoms with E-state index in [-0.39, 0.29) is 5.95 Å². The summed E-state index contributed by atoms with van der Waals surface area (Å²) in [5.74, 6) is -2.94. The number of aryl methyl sites for hydroxylation is 1. The van der Waals surface area contributed by atoms with E-state index in [2.05, 4.69) is 20.7 Å². The number of rotatable bonds is 5. The number of hydrogen-bond donors (Lipinski definition) is 4. The van der Waals surface area contributed by atoms with Gasteiger partial charge in [0.1, 0.15) is 6.04 Å². The van der Waals surface area contributed by atoms with E-state index in [0.717, 1.165) is 4.80 Å². The molecule has 0 aliphatic rings. The zero-order valence-corrected chi connectivity index (χ0v) is 9.19. The van der Waals surface area contributed by atoms with E-state index >= 15 is 0 Å². The number of tetrazole rings is 1. The molecule has 1 atom stereocenters. The van der Waals surface area contributed by atoms with Crippen LogP contribution < -0.4 is 10.6 Å². The average Bonchev–Trinajstić information content (AvgIpc) is 2.62. The molecule has 98 valence electrons. The summed E-state index contributed by atoms with van der Waals surface area (Å²) in [6, 6.07) is -2.48. The fourth-order valence-electron chi connectivity index (χ4n) is 1.00. The molecule has 0 unspecified atom stereocenters. The summed E-state index contributed by atoms with van der Waals surface area (Å²) in [5, 5.41) is 31.7. The quantitative estimate of drug-likeness (QED) is 0.484. The van der Waals surface area contributed by atoms with E-state index in [9.17, 15) is 14.4 Å². The van der Waals surface area contributed by atoms with E-state index in [1.165, 1.54) is 7.05 Å². The summed E-state index contributed by atoms with van der Waals surface area (Å²) in [6.45, 7) is 0. The van der Waals surface area contributed by atoms with E-state index in [1.807, 2.05) is 5.32 Å². The number of carboxylic acids is 2. The van der Waals surface area contributed by atoms with Crippen molar-refractivity contribution in [1.29, 1.82) is 0 Å². The normalized spacial score (nSPS) is 11.6. The zero-order valence-electron chi connectivity index (χ0n) is 9.19. The Hall–Kier alpha value is -2.72. The van der Waals surface area contributed by atoms with Crippen molar-refractivity contribution < 1.29 is 24.6 Å². The fourth-order valence-corrected chi connectivity index (χ4v) is 1.00. The predicted octanol–water partition coefficient (Wildman–Crippen LogP) is -1.74. The van der Waals surface area contributed by atoms with Gasteiger partial charge >= 0.3 is 18.0 Å². The van der Waals surface area contributed by atoms with Crippen molar-refractivity contribution in [3.8, 4) is 0 Å². The number of urea groups is 1. The lowest BCUT2D eigenvalue weighted by atomic mass is 10.2. The Kier molecular flexibility index (Phi) is 4.12. The molecule has 4 N–H and O–H groups in total. The van der Waals surface area contributed by atoms with E-state index < -0.39 is 30.4 Å². The molecular weight excluding hydrogens is 248 g/mol. The van der Waals surface area contributed by atoms with Crippen LogP contribution in [0.5, 0.6) is 0 Å². The van der Waals surface area contributed by atoms with Gasteiger partial charge in [0.2, 0.25) is 0 Å². The summed E-state index contributed by atoms with van der Waals surface area (Å²) in [4.78, 5) is 33.5. The molecule has 0 aliphatic heterocycles. The minimum atomic E-state index is -1.54. The first kappa shape index (κ1) is 13.3. The van der Waals surface area contributed by atoms with Crippen LogP contribution in [0.1, 0.15) is 6.42 Å². The zero-order chi connectivity index (χ0) is 13.7. The van der Waals surface area contributed by atoms with Gasteiger partial charge in [0.15, 0.2) is 0 Å². The maximum atomic E-state index is 11.3. The molecular formula is C7H10N6O5. The minimum Gasteiger partial charge on any atom is -0.481 e. The smallest absolute Gasteiger partial charge is 0.326 e. The SMILES string of the molecule is Cn1nnc(NC(=O)N[C@H](CC(=O)O)C(=O)O)n1. The first-order chi connectivity index (χ1) is 8.38. The van der Waals surface area contributed by atoms with Gasteiger partial charge in [-0.1, -0.05) is 5.10 Å². The number of nitrogens with one attached hydrogen (secondary N) is 2. The third-order valence-corrected chi connectivity index (χ3v) is 1.72. The van der Waals surface area contributed by atoms with Gasteiger partial charge in [-0.05, 0) is 5.21 Å². The molecule has 1 rings (SSSR count). The maximum absolute atomic E-state index is 11.3. The van der Waals surface area contributed by atoms with Gasteiger partial charge in [0.25, 0.3) is 5.95 Å². The van der Waals surface area contributed by atoms with Crippen LogP contribution in [0.2, 0.25) is 0 Å². The van der Waals surface area contributed by atoms with Crippen LogP contribution in [-0.4, -0.2) is 54.4 Å². The van der Waals surface area contributed by atoms with Crippen molar-refractivity contribution in [3.63, 3.8) is 0 Å². The summed E-state index contributed by atoms with van der Waals surface area (Å²) in [7, 11) is 1.47. The maximum Gasteiger partial charge on any atom is 0.326 e. The van der Waals surface area contributed by atoms with E-state index in [0.29, 0.717) is 0 Å². The number of carbonyl (C=O) groups excluding carboxylic acids is 1. The Bertz CT molecular complexity index is 471. The number of aliphatic carboxylic acids is 2. The third-order valence-electron chi connectivity index (χ3n) is 1.72. The lowest BCUT2D eigenvalue weighted by molar-refractivity contribution is -0.145. The minimum absolute atomic E-state index is 0.130. The molecule has 0 aliphatic carbocycles. The number of nitrogens with zero attached hydrogens (tertiary/aromatic N) is 4. The second-order valence-corrected chi connectivity index (χ2v) is 3.19. The Labute approximate surface area is 99.8 Å². The van der Waals surface area contributed by atoms with E-state index in [4.69, 9.17) is 10.2 Å². The average molecular weight is 258 g/mol. The van der Waals surface area contributed by atoms with Gasteiger partial charge in [-0.25, -0.2) is 9.59 Å². The molecule has 2 amide bonds. The molecule has 11 nitrogen and oxygen atoms in total. The van der Waals surface area contributed by atoms with Crippen molar-refractivity contribution in [2.24, 2.45) is 7.05 Å². The summed E-state index contributed by atoms with van der Waals surface area (Å²) < 4.78 is 0. The number of carbonyl (C=O) groups is 3. The molecule has 18 heavy (non-hydrogen) atoms. The fraction of sp³-hybridized carbons (Fsp3) is 0.429. The van der Waals surface area contributed by atoms with Crippen LogP contribution in [0.15, 0.2) is 0 Å². The lowest BCUT2D eigenvalue weighted by Crippen LogP contribution is -2.44. The molecule has 11 heteroatoms. The van der Waals surface area contributed by atoms with Crippen LogP contribution in [0.3, 0.4) is 0 Å². The molecule has 0 saturated carbocycles. The van der Waals surface area contributed by atoms with Crippen molar-refractivity contribution in [2.75, 3.05) is 5.32 Å². The van der Waals surface area contributed by atoms with Gasteiger partial charge in [0.05, 0.1) is 13.5 Å². The van der Waals surface area contributed by atoms with Gasteiger partial charge in [-0.2, -0.15) is 4.80 Å². The van der Waals surface area contributed by atoms with Crippen LogP contribution in [0.25, 0.3) is 0 Å². The lowest BCUT2D eigenvalue weighted by Gasteiger charge is -2.11. The number of amides is 2. The van der Waals surface area contributed by atoms with Gasteiger partial charge < -0.3 is 15.5 Å². The first-order valence-corrected chi connectivity index (χ1v) is 4.64. The molecule has 0 aromatic carbocycles. The van der Waals surface area contributed by atoms with Crippen LogP contribution in [-0.2, 0) is 16.6 Å². The Morgan fingerprint density at radius 1 is 1.39 bits per heavy atom. The summed E-state index contributed by atoms with van der Waals surface area (Å²) in [5.41, 5.74) is 0. The monoisotopic (exact) mass is 258 g/mol. The molecule has 0 spiro atoms. The number of anilines is 1. The standard InChI is InChI=1S/C7H10N6O5/c1-13-11-6(10-12-13)9-7(18)8-3(5(16)17)2-4(14)15/h3H,2H2,1H3,(H,14,15)(H,16,17)(H2,8,9,11,18)/t3-/m1/s1. The molecule has 0 radical (unpaired) electrons. The van der Waals surface area contributed by atoms with Gasteiger partial charge in [-0.3, -0.25) is 10.1 Å². The molecule has 0 fully saturated rings. The Morgan fingerprint density at radius 3 is 2.50 bits per heavy atom. The van der Waals surface area contributed by atoms with Crippen molar-refractivity contribution in [3.05, 3.63) is 0 Å². The van der Waals surface area contributed by atoms with Crippen LogP contribution in [0, 0.1) is 0 Å². The second-order valence-electron chi connectivity index (χ2n) is 3.19. The largest absolute Gasteiger partial charge is 0.481 e. The molecule has 1 aromatic heterocycles. The van der Waals surface area contributed by atoms with Crippen molar-refractivity contribution in [2.45, 2.75) is 12.5 Å². The molecule has 0 bridgehead atoms. The van der Waals surface area contributed by atoms with E-state index in [1.54, 1.807) is 0 Å². The highest BCUT2D eigenvalue weighted by Gasteiger charge is 2.23. The van der Waals surface area contributed by atoms with Gasteiger partial charge in [0, 0.05) is 0 Å². The number of aromatic nitrogens is 4. The highest BCUT2D eigenvalue weighted by atomic mass is 16.4.